The highest BCUT2D eigenvalue weighted by Crippen LogP contribution is 2.40. The number of carbonyl (C=O) groups excluding carboxylic acids is 4. The van der Waals surface area contributed by atoms with Crippen molar-refractivity contribution in [3.63, 3.8) is 0 Å². The van der Waals surface area contributed by atoms with Gasteiger partial charge in [-0.1, -0.05) is 5.16 Å². The predicted octanol–water partition coefficient (Wildman–Crippen LogP) is -1.57. The van der Waals surface area contributed by atoms with E-state index >= 15 is 0 Å². The number of aromatic nitrogens is 3. The number of nitrogens with zero attached hydrogens (tertiary/aromatic N) is 5. The Balaban J connectivity index is 1.50. The molecule has 0 radical (unpaired) electrons. The van der Waals surface area contributed by atoms with Gasteiger partial charge in [-0.15, -0.1) is 11.8 Å². The Morgan fingerprint density at radius 3 is 2.63 bits per heavy atom. The van der Waals surface area contributed by atoms with E-state index in [1.165, 1.54) is 11.8 Å². The SMILES string of the molecule is CCO/N=C(\C(=O)NC1C(=O)N2C(C(=O)[O-])=C(C[n+]3ccc(C(=O)OCC)cc3)CS[C@H]12)c1nsc(N)n1. The van der Waals surface area contributed by atoms with E-state index in [1.807, 2.05) is 0 Å². The van der Waals surface area contributed by atoms with Crippen molar-refractivity contribution in [2.24, 2.45) is 5.16 Å². The number of pyridine rings is 1. The van der Waals surface area contributed by atoms with Gasteiger partial charge in [-0.2, -0.15) is 9.36 Å². The van der Waals surface area contributed by atoms with Crippen LogP contribution in [0.5, 0.6) is 0 Å². The summed E-state index contributed by atoms with van der Waals surface area (Å²) in [5, 5.41) is 17.8. The minimum atomic E-state index is -1.51. The van der Waals surface area contributed by atoms with Crippen LogP contribution < -0.4 is 20.7 Å². The summed E-state index contributed by atoms with van der Waals surface area (Å²) in [7, 11) is 0. The van der Waals surface area contributed by atoms with Crippen LogP contribution in [0.15, 0.2) is 41.0 Å². The van der Waals surface area contributed by atoms with Gasteiger partial charge in [0.05, 0.1) is 23.8 Å². The third kappa shape index (κ3) is 5.45. The van der Waals surface area contributed by atoms with Crippen LogP contribution in [0.1, 0.15) is 30.0 Å². The molecule has 1 saturated heterocycles. The first-order valence-corrected chi connectivity index (χ1v) is 13.2. The highest BCUT2D eigenvalue weighted by molar-refractivity contribution is 8.00. The molecule has 2 amide bonds. The van der Waals surface area contributed by atoms with Gasteiger partial charge in [0.2, 0.25) is 11.5 Å². The van der Waals surface area contributed by atoms with Crippen LogP contribution in [0.2, 0.25) is 0 Å². The molecule has 1 unspecified atom stereocenters. The number of carboxylic acids is 1. The number of hydrogen-bond donors (Lipinski definition) is 2. The molecule has 0 saturated carbocycles. The van der Waals surface area contributed by atoms with E-state index in [4.69, 9.17) is 15.3 Å². The second kappa shape index (κ2) is 11.6. The molecule has 0 spiro atoms. The van der Waals surface area contributed by atoms with Crippen molar-refractivity contribution in [2.45, 2.75) is 31.8 Å². The molecule has 200 valence electrons. The second-order valence-electron chi connectivity index (χ2n) is 7.89. The average molecular weight is 562 g/mol. The molecule has 16 heteroatoms. The summed E-state index contributed by atoms with van der Waals surface area (Å²) in [5.74, 6) is -3.14. The van der Waals surface area contributed by atoms with Crippen molar-refractivity contribution in [3.8, 4) is 0 Å². The fourth-order valence-electron chi connectivity index (χ4n) is 3.78. The van der Waals surface area contributed by atoms with Crippen molar-refractivity contribution < 1.29 is 38.4 Å². The summed E-state index contributed by atoms with van der Waals surface area (Å²) in [5.41, 5.74) is 5.90. The molecule has 4 heterocycles. The molecule has 2 aromatic heterocycles. The number of amides is 2. The number of carbonyl (C=O) groups is 4. The van der Waals surface area contributed by atoms with Crippen molar-refractivity contribution in [3.05, 3.63) is 47.2 Å². The fourth-order valence-corrected chi connectivity index (χ4v) is 5.55. The van der Waals surface area contributed by atoms with Crippen LogP contribution >= 0.6 is 23.3 Å². The Morgan fingerprint density at radius 2 is 2.03 bits per heavy atom. The lowest BCUT2D eigenvalue weighted by Gasteiger charge is -2.50. The van der Waals surface area contributed by atoms with Gasteiger partial charge in [-0.05, 0) is 13.8 Å². The number of ether oxygens (including phenoxy) is 1. The Labute approximate surface area is 224 Å². The Bertz CT molecular complexity index is 1330. The zero-order chi connectivity index (χ0) is 27.4. The number of carboxylic acid groups (broad SMARTS) is 1. The minimum Gasteiger partial charge on any atom is -0.543 e. The molecule has 0 aromatic carbocycles. The number of hydrogen-bond acceptors (Lipinski definition) is 13. The van der Waals surface area contributed by atoms with Crippen LogP contribution in [-0.4, -0.2) is 74.1 Å². The topological polar surface area (TPSA) is 193 Å². The average Bonchev–Trinajstić information content (AvgIpc) is 3.33. The van der Waals surface area contributed by atoms with Gasteiger partial charge in [-0.3, -0.25) is 14.5 Å². The largest absolute Gasteiger partial charge is 0.543 e. The fraction of sp³-hybridized carbons (Fsp3) is 0.364. The summed E-state index contributed by atoms with van der Waals surface area (Å²) in [6.07, 6.45) is 3.23. The summed E-state index contributed by atoms with van der Waals surface area (Å²) >= 11 is 2.16. The maximum atomic E-state index is 13.0. The predicted molar refractivity (Wildman–Crippen MR) is 132 cm³/mol. The molecular weight excluding hydrogens is 538 g/mol. The number of rotatable bonds is 10. The van der Waals surface area contributed by atoms with E-state index in [-0.39, 0.29) is 47.9 Å². The standard InChI is InChI=1S/C22H23N7O7S2/c1-3-35-21(34)11-5-7-28(8-6-11)9-12-10-37-19-14(18(31)29(19)15(12)20(32)33)24-17(30)13(26-36-4-2)16-25-22(23)38-27-16/h5-8,14,19H,3-4,9-10H2,1-2H3,(H3-,23,24,25,27,30,32,33)/b26-13-/t14?,19-/m1/s1. The van der Waals surface area contributed by atoms with Crippen LogP contribution in [0, 0.1) is 0 Å². The molecule has 0 aliphatic carbocycles. The van der Waals surface area contributed by atoms with Crippen LogP contribution in [0.4, 0.5) is 5.13 Å². The van der Waals surface area contributed by atoms with Gasteiger partial charge >= 0.3 is 5.97 Å². The number of nitrogens with two attached hydrogens (primary N) is 1. The lowest BCUT2D eigenvalue weighted by atomic mass is 10.0. The lowest BCUT2D eigenvalue weighted by Crippen LogP contribution is -2.71. The molecule has 2 aromatic rings. The van der Waals surface area contributed by atoms with E-state index in [9.17, 15) is 24.3 Å². The van der Waals surface area contributed by atoms with Gasteiger partial charge in [0.25, 0.3) is 11.8 Å². The highest BCUT2D eigenvalue weighted by Gasteiger charge is 2.53. The third-order valence-corrected chi connectivity index (χ3v) is 7.34. The first-order chi connectivity index (χ1) is 18.2. The summed E-state index contributed by atoms with van der Waals surface area (Å²) in [4.78, 5) is 59.9. The maximum Gasteiger partial charge on any atom is 0.338 e. The molecule has 14 nitrogen and oxygen atoms in total. The Hall–Kier alpha value is -4.05. The normalized spacial score (nSPS) is 18.9. The molecule has 2 aliphatic rings. The molecule has 2 atom stereocenters. The van der Waals surface area contributed by atoms with Gasteiger partial charge in [0.1, 0.15) is 18.0 Å². The molecular formula is C22H23N7O7S2. The Kier molecular flexibility index (Phi) is 8.21. The first-order valence-electron chi connectivity index (χ1n) is 11.4. The van der Waals surface area contributed by atoms with E-state index in [0.717, 1.165) is 16.4 Å². The summed E-state index contributed by atoms with van der Waals surface area (Å²) in [6.45, 7) is 3.95. The molecule has 4 rings (SSSR count). The first kappa shape index (κ1) is 27.0. The zero-order valence-corrected chi connectivity index (χ0v) is 21.9. The maximum absolute atomic E-state index is 13.0. The van der Waals surface area contributed by atoms with Crippen LogP contribution in [0.3, 0.4) is 0 Å². The van der Waals surface area contributed by atoms with Crippen LogP contribution in [0.25, 0.3) is 0 Å². The quantitative estimate of drug-likeness (QED) is 0.112. The number of fused-ring (bicyclic) bond motifs is 1. The Morgan fingerprint density at radius 1 is 1.29 bits per heavy atom. The van der Waals surface area contributed by atoms with Crippen molar-refractivity contribution in [1.29, 1.82) is 0 Å². The number of nitrogen functional groups attached to an aromatic ring is 1. The number of nitrogens with one attached hydrogen (secondary N) is 1. The third-order valence-electron chi connectivity index (χ3n) is 5.46. The number of esters is 1. The number of aliphatic carboxylic acids is 1. The highest BCUT2D eigenvalue weighted by atomic mass is 32.2. The van der Waals surface area contributed by atoms with Gasteiger partial charge in [0, 0.05) is 35.0 Å². The molecule has 0 bridgehead atoms. The van der Waals surface area contributed by atoms with Crippen molar-refractivity contribution in [1.82, 2.24) is 19.6 Å². The smallest absolute Gasteiger partial charge is 0.338 e. The summed E-state index contributed by atoms with van der Waals surface area (Å²) in [6, 6.07) is 2.10. The molecule has 38 heavy (non-hydrogen) atoms. The number of thioether (sulfide) groups is 1. The van der Waals surface area contributed by atoms with E-state index < -0.39 is 35.2 Å². The van der Waals surface area contributed by atoms with Gasteiger partial charge < -0.3 is 30.5 Å². The second-order valence-corrected chi connectivity index (χ2v) is 9.78. The van der Waals surface area contributed by atoms with E-state index in [1.54, 1.807) is 42.9 Å². The number of oxime groups is 1. The van der Waals surface area contributed by atoms with E-state index in [2.05, 4.69) is 19.8 Å². The van der Waals surface area contributed by atoms with Crippen molar-refractivity contribution >= 4 is 57.9 Å². The molecule has 3 N–H and O–H groups in total. The molecule has 1 fully saturated rings. The van der Waals surface area contributed by atoms with Crippen molar-refractivity contribution in [2.75, 3.05) is 24.7 Å². The minimum absolute atomic E-state index is 0.0537. The lowest BCUT2D eigenvalue weighted by molar-refractivity contribution is -0.689. The number of β-lactam (4-membered cyclic amide) rings is 1. The van der Waals surface area contributed by atoms with Gasteiger partial charge in [0.15, 0.2) is 24.1 Å². The summed E-state index contributed by atoms with van der Waals surface area (Å²) < 4.78 is 10.6. The van der Waals surface area contributed by atoms with Crippen LogP contribution in [-0.2, 0) is 30.5 Å². The van der Waals surface area contributed by atoms with Gasteiger partial charge in [-0.25, -0.2) is 9.36 Å². The number of anilines is 1. The monoisotopic (exact) mass is 561 g/mol. The van der Waals surface area contributed by atoms with E-state index in [0.29, 0.717) is 11.1 Å². The molecule has 2 aliphatic heterocycles. The zero-order valence-electron chi connectivity index (χ0n) is 20.3.